The van der Waals surface area contributed by atoms with E-state index in [2.05, 4.69) is 53.5 Å². The molecule has 4 heteroatoms. The number of amides is 2. The number of para-hydroxylation sites is 1. The van der Waals surface area contributed by atoms with Crippen LogP contribution in [0, 0.1) is 5.92 Å². The second-order valence-corrected chi connectivity index (χ2v) is 8.17. The molecule has 1 N–H and O–H groups in total. The molecule has 2 fully saturated rings. The maximum atomic E-state index is 12.5. The summed E-state index contributed by atoms with van der Waals surface area (Å²) in [5.41, 5.74) is 3.59. The van der Waals surface area contributed by atoms with Crippen LogP contribution in [-0.2, 0) is 12.8 Å². The summed E-state index contributed by atoms with van der Waals surface area (Å²) >= 11 is 0. The van der Waals surface area contributed by atoms with Crippen molar-refractivity contribution in [3.8, 4) is 0 Å². The third kappa shape index (κ3) is 4.39. The SMILES string of the molecule is CCc1ccccc1NC(=O)N1CC(N2CCC(Cc3ccccc3)CC2)C1. The Morgan fingerprint density at radius 3 is 2.39 bits per heavy atom. The molecule has 0 aromatic heterocycles. The van der Waals surface area contributed by atoms with Gasteiger partial charge in [0.25, 0.3) is 0 Å². The summed E-state index contributed by atoms with van der Waals surface area (Å²) < 4.78 is 0. The fourth-order valence-corrected chi connectivity index (χ4v) is 4.47. The quantitative estimate of drug-likeness (QED) is 0.837. The van der Waals surface area contributed by atoms with Crippen LogP contribution in [0.15, 0.2) is 54.6 Å². The Labute approximate surface area is 168 Å². The van der Waals surface area contributed by atoms with Crippen LogP contribution in [0.2, 0.25) is 0 Å². The molecule has 2 heterocycles. The van der Waals surface area contributed by atoms with Crippen molar-refractivity contribution in [2.75, 3.05) is 31.5 Å². The number of hydrogen-bond acceptors (Lipinski definition) is 2. The molecular formula is C24H31N3O. The predicted molar refractivity (Wildman–Crippen MR) is 115 cm³/mol. The molecular weight excluding hydrogens is 346 g/mol. The number of rotatable bonds is 5. The van der Waals surface area contributed by atoms with E-state index in [0.717, 1.165) is 44.2 Å². The van der Waals surface area contributed by atoms with Crippen LogP contribution in [0.3, 0.4) is 0 Å². The number of carbonyl (C=O) groups is 1. The van der Waals surface area contributed by atoms with E-state index in [1.807, 2.05) is 23.1 Å². The Bertz CT molecular complexity index is 777. The topological polar surface area (TPSA) is 35.6 Å². The van der Waals surface area contributed by atoms with E-state index in [1.54, 1.807) is 0 Å². The van der Waals surface area contributed by atoms with Crippen molar-refractivity contribution in [1.82, 2.24) is 9.80 Å². The summed E-state index contributed by atoms with van der Waals surface area (Å²) in [6, 6.07) is 19.5. The maximum Gasteiger partial charge on any atom is 0.321 e. The van der Waals surface area contributed by atoms with Gasteiger partial charge in [0.05, 0.1) is 0 Å². The van der Waals surface area contributed by atoms with Gasteiger partial charge in [-0.2, -0.15) is 0 Å². The zero-order valence-electron chi connectivity index (χ0n) is 16.8. The molecule has 0 spiro atoms. The number of carbonyl (C=O) groups excluding carboxylic acids is 1. The van der Waals surface area contributed by atoms with Crippen LogP contribution in [0.4, 0.5) is 10.5 Å². The van der Waals surface area contributed by atoms with E-state index in [4.69, 9.17) is 0 Å². The van der Waals surface area contributed by atoms with Gasteiger partial charge < -0.3 is 10.2 Å². The number of hydrogen-bond donors (Lipinski definition) is 1. The first-order valence-electron chi connectivity index (χ1n) is 10.6. The molecule has 0 saturated carbocycles. The van der Waals surface area contributed by atoms with Crippen LogP contribution in [-0.4, -0.2) is 48.1 Å². The lowest BCUT2D eigenvalue weighted by Gasteiger charge is -2.47. The summed E-state index contributed by atoms with van der Waals surface area (Å²) in [5.74, 6) is 0.795. The molecule has 0 aliphatic carbocycles. The number of piperidine rings is 1. The molecule has 2 aliphatic heterocycles. The van der Waals surface area contributed by atoms with Crippen molar-refractivity contribution in [3.05, 3.63) is 65.7 Å². The summed E-state index contributed by atoms with van der Waals surface area (Å²) in [6.45, 7) is 6.14. The van der Waals surface area contributed by atoms with E-state index < -0.39 is 0 Å². The maximum absolute atomic E-state index is 12.5. The summed E-state index contributed by atoms with van der Waals surface area (Å²) in [5, 5.41) is 3.09. The third-order valence-corrected chi connectivity index (χ3v) is 6.32. The van der Waals surface area contributed by atoms with E-state index in [1.165, 1.54) is 30.4 Å². The lowest BCUT2D eigenvalue weighted by molar-refractivity contribution is 0.0383. The van der Waals surface area contributed by atoms with Gasteiger partial charge in [0, 0.05) is 24.8 Å². The van der Waals surface area contributed by atoms with Gasteiger partial charge in [-0.05, 0) is 61.9 Å². The monoisotopic (exact) mass is 377 g/mol. The van der Waals surface area contributed by atoms with Crippen molar-refractivity contribution in [3.63, 3.8) is 0 Å². The minimum atomic E-state index is 0.0381. The number of nitrogens with one attached hydrogen (secondary N) is 1. The first-order valence-corrected chi connectivity index (χ1v) is 10.6. The largest absolute Gasteiger partial charge is 0.321 e. The Kier molecular flexibility index (Phi) is 5.96. The van der Waals surface area contributed by atoms with Crippen LogP contribution < -0.4 is 5.32 Å². The molecule has 0 bridgehead atoms. The van der Waals surface area contributed by atoms with E-state index in [9.17, 15) is 4.79 Å². The molecule has 4 nitrogen and oxygen atoms in total. The molecule has 2 aliphatic rings. The van der Waals surface area contributed by atoms with Gasteiger partial charge in [0.1, 0.15) is 0 Å². The van der Waals surface area contributed by atoms with Gasteiger partial charge >= 0.3 is 6.03 Å². The fourth-order valence-electron chi connectivity index (χ4n) is 4.47. The molecule has 2 aromatic carbocycles. The van der Waals surface area contributed by atoms with Crippen molar-refractivity contribution in [2.45, 2.75) is 38.6 Å². The van der Waals surface area contributed by atoms with Crippen molar-refractivity contribution in [1.29, 1.82) is 0 Å². The van der Waals surface area contributed by atoms with Gasteiger partial charge in [0.2, 0.25) is 0 Å². The third-order valence-electron chi connectivity index (χ3n) is 6.32. The first kappa shape index (κ1) is 19.0. The lowest BCUT2D eigenvalue weighted by Crippen LogP contribution is -2.63. The summed E-state index contributed by atoms with van der Waals surface area (Å²) in [4.78, 5) is 17.1. The van der Waals surface area contributed by atoms with Gasteiger partial charge in [-0.15, -0.1) is 0 Å². The fraction of sp³-hybridized carbons (Fsp3) is 0.458. The predicted octanol–water partition coefficient (Wildman–Crippen LogP) is 4.42. The Balaban J connectivity index is 1.21. The zero-order chi connectivity index (χ0) is 19.3. The van der Waals surface area contributed by atoms with E-state index in [0.29, 0.717) is 6.04 Å². The molecule has 148 valence electrons. The molecule has 0 atom stereocenters. The summed E-state index contributed by atoms with van der Waals surface area (Å²) in [7, 11) is 0. The van der Waals surface area contributed by atoms with Crippen molar-refractivity contribution < 1.29 is 4.79 Å². The van der Waals surface area contributed by atoms with Crippen LogP contribution in [0.5, 0.6) is 0 Å². The molecule has 2 aromatic rings. The molecule has 2 amide bonds. The minimum absolute atomic E-state index is 0.0381. The minimum Gasteiger partial charge on any atom is -0.321 e. The summed E-state index contributed by atoms with van der Waals surface area (Å²) in [6.07, 6.45) is 4.66. The highest BCUT2D eigenvalue weighted by Crippen LogP contribution is 2.26. The highest BCUT2D eigenvalue weighted by atomic mass is 16.2. The highest BCUT2D eigenvalue weighted by Gasteiger charge is 2.36. The standard InChI is InChI=1S/C24H31N3O/c1-2-21-10-6-7-11-23(21)25-24(28)27-17-22(18-27)26-14-12-20(13-15-26)16-19-8-4-3-5-9-19/h3-11,20,22H,2,12-18H2,1H3,(H,25,28). The van der Waals surface area contributed by atoms with Crippen molar-refractivity contribution in [2.24, 2.45) is 5.92 Å². The average Bonchev–Trinajstić information content (AvgIpc) is 2.69. The van der Waals surface area contributed by atoms with E-state index >= 15 is 0 Å². The zero-order valence-corrected chi connectivity index (χ0v) is 16.8. The van der Waals surface area contributed by atoms with Gasteiger partial charge in [-0.3, -0.25) is 4.90 Å². The normalized spacial score (nSPS) is 18.7. The lowest BCUT2D eigenvalue weighted by atomic mass is 9.89. The molecule has 28 heavy (non-hydrogen) atoms. The Hall–Kier alpha value is -2.33. The van der Waals surface area contributed by atoms with Crippen LogP contribution >= 0.6 is 0 Å². The first-order chi connectivity index (χ1) is 13.7. The average molecular weight is 378 g/mol. The van der Waals surface area contributed by atoms with Gasteiger partial charge in [0.15, 0.2) is 0 Å². The number of urea groups is 1. The van der Waals surface area contributed by atoms with Gasteiger partial charge in [-0.25, -0.2) is 4.79 Å². The number of benzene rings is 2. The second kappa shape index (κ2) is 8.78. The second-order valence-electron chi connectivity index (χ2n) is 8.17. The Morgan fingerprint density at radius 1 is 1.00 bits per heavy atom. The number of likely N-dealkylation sites (tertiary alicyclic amines) is 2. The van der Waals surface area contributed by atoms with E-state index in [-0.39, 0.29) is 6.03 Å². The number of aryl methyl sites for hydroxylation is 1. The van der Waals surface area contributed by atoms with Crippen LogP contribution in [0.25, 0.3) is 0 Å². The Morgan fingerprint density at radius 2 is 1.68 bits per heavy atom. The smallest absolute Gasteiger partial charge is 0.321 e. The van der Waals surface area contributed by atoms with Crippen LogP contribution in [0.1, 0.15) is 30.9 Å². The van der Waals surface area contributed by atoms with Gasteiger partial charge in [-0.1, -0.05) is 55.5 Å². The molecule has 0 radical (unpaired) electrons. The molecule has 2 saturated heterocycles. The molecule has 4 rings (SSSR count). The highest BCUT2D eigenvalue weighted by molar-refractivity contribution is 5.90. The number of anilines is 1. The number of nitrogens with zero attached hydrogens (tertiary/aromatic N) is 2. The van der Waals surface area contributed by atoms with Crippen molar-refractivity contribution >= 4 is 11.7 Å². The molecule has 0 unspecified atom stereocenters.